The van der Waals surface area contributed by atoms with Crippen LogP contribution < -0.4 is 15.0 Å². The van der Waals surface area contributed by atoms with E-state index >= 15 is 0 Å². The molecule has 2 heterocycles. The van der Waals surface area contributed by atoms with E-state index in [1.165, 1.54) is 11.1 Å². The number of methoxy groups -OCH3 is 1. The zero-order valence-electron chi connectivity index (χ0n) is 20.1. The van der Waals surface area contributed by atoms with Crippen LogP contribution in [0.1, 0.15) is 35.5 Å². The van der Waals surface area contributed by atoms with Gasteiger partial charge in [-0.15, -0.1) is 0 Å². The van der Waals surface area contributed by atoms with E-state index in [1.807, 2.05) is 66.4 Å². The lowest BCUT2D eigenvalue weighted by Gasteiger charge is -2.37. The van der Waals surface area contributed by atoms with Crippen molar-refractivity contribution in [3.8, 4) is 17.1 Å². The van der Waals surface area contributed by atoms with Gasteiger partial charge in [0.25, 0.3) is 5.89 Å². The van der Waals surface area contributed by atoms with E-state index < -0.39 is 0 Å². The molecule has 1 aliphatic heterocycles. The maximum absolute atomic E-state index is 5.86. The van der Waals surface area contributed by atoms with Gasteiger partial charge in [-0.1, -0.05) is 59.8 Å². The Morgan fingerprint density at radius 1 is 0.943 bits per heavy atom. The second-order valence-corrected chi connectivity index (χ2v) is 8.94. The molecule has 0 saturated carbocycles. The normalized spacial score (nSPS) is 15.8. The van der Waals surface area contributed by atoms with Crippen LogP contribution in [0.4, 0.5) is 5.69 Å². The van der Waals surface area contributed by atoms with Gasteiger partial charge in [-0.25, -0.2) is 0 Å². The highest BCUT2D eigenvalue weighted by Gasteiger charge is 2.35. The number of nitrogens with zero attached hydrogens (tertiary/aromatic N) is 3. The molecule has 4 aromatic rings. The minimum atomic E-state index is -0.243. The van der Waals surface area contributed by atoms with Crippen LogP contribution in [0.5, 0.6) is 5.75 Å². The first-order valence-corrected chi connectivity index (χ1v) is 11.8. The maximum atomic E-state index is 5.86. The lowest BCUT2D eigenvalue weighted by atomic mass is 9.92. The van der Waals surface area contributed by atoms with Crippen molar-refractivity contribution in [1.29, 1.82) is 0 Å². The summed E-state index contributed by atoms with van der Waals surface area (Å²) in [6.45, 7) is 6.25. The Kier molecular flexibility index (Phi) is 6.09. The number of benzene rings is 3. The van der Waals surface area contributed by atoms with E-state index in [2.05, 4.69) is 42.5 Å². The van der Waals surface area contributed by atoms with E-state index in [0.29, 0.717) is 16.8 Å². The molecule has 1 N–H and O–H groups in total. The Balaban J connectivity index is 1.67. The first-order chi connectivity index (χ1) is 17.0. The first-order valence-electron chi connectivity index (χ1n) is 11.4. The fourth-order valence-corrected chi connectivity index (χ4v) is 4.67. The molecule has 0 saturated heterocycles. The van der Waals surface area contributed by atoms with Gasteiger partial charge in [0, 0.05) is 17.3 Å². The van der Waals surface area contributed by atoms with Gasteiger partial charge in [0.2, 0.25) is 5.82 Å². The second kappa shape index (κ2) is 9.35. The summed E-state index contributed by atoms with van der Waals surface area (Å²) < 4.78 is 11.3. The van der Waals surface area contributed by atoms with Gasteiger partial charge in [0.15, 0.2) is 5.11 Å². The molecule has 7 heteroatoms. The number of hydrogen-bond acceptors (Lipinski definition) is 5. The molecule has 6 nitrogen and oxygen atoms in total. The molecule has 1 aliphatic rings. The predicted molar refractivity (Wildman–Crippen MR) is 142 cm³/mol. The van der Waals surface area contributed by atoms with Crippen LogP contribution in [0.3, 0.4) is 0 Å². The SMILES string of the molecule is COc1cccc(N2C(=S)NC(c3ccc(C)c(C)c3)C(c3nc(-c4ccccc4)no3)=C2C)c1. The molecule has 0 aliphatic carbocycles. The van der Waals surface area contributed by atoms with Crippen molar-refractivity contribution in [1.82, 2.24) is 15.5 Å². The standard InChI is InChI=1S/C28H26N4O2S/c1-17-13-14-21(15-18(17)2)25-24(27-30-26(31-34-27)20-9-6-5-7-10-20)19(3)32(28(35)29-25)22-11-8-12-23(16-22)33-4/h5-16,25H,1-4H3,(H,29,35). The fraction of sp³-hybridized carbons (Fsp3) is 0.179. The summed E-state index contributed by atoms with van der Waals surface area (Å²) in [5.41, 5.74) is 7.09. The number of allylic oxidation sites excluding steroid dienone is 1. The van der Waals surface area contributed by atoms with Gasteiger partial charge in [-0.2, -0.15) is 4.98 Å². The molecule has 0 fully saturated rings. The molecular formula is C28H26N4O2S. The lowest BCUT2D eigenvalue weighted by Crippen LogP contribution is -2.46. The number of aromatic nitrogens is 2. The monoisotopic (exact) mass is 482 g/mol. The molecule has 0 radical (unpaired) electrons. The predicted octanol–water partition coefficient (Wildman–Crippen LogP) is 6.23. The van der Waals surface area contributed by atoms with Gasteiger partial charge in [-0.05, 0) is 61.8 Å². The van der Waals surface area contributed by atoms with Gasteiger partial charge in [0.05, 0.1) is 24.4 Å². The molecule has 0 bridgehead atoms. The molecule has 1 unspecified atom stereocenters. The highest BCUT2D eigenvalue weighted by molar-refractivity contribution is 7.80. The number of thiocarbonyl (C=S) groups is 1. The maximum Gasteiger partial charge on any atom is 0.258 e. The number of anilines is 1. The van der Waals surface area contributed by atoms with Crippen LogP contribution in [0.15, 0.2) is 83.0 Å². The molecule has 3 aromatic carbocycles. The smallest absolute Gasteiger partial charge is 0.258 e. The minimum absolute atomic E-state index is 0.243. The summed E-state index contributed by atoms with van der Waals surface area (Å²) in [5, 5.41) is 8.39. The van der Waals surface area contributed by atoms with Crippen LogP contribution in [0.25, 0.3) is 17.0 Å². The highest BCUT2D eigenvalue weighted by atomic mass is 32.1. The van der Waals surface area contributed by atoms with Crippen molar-refractivity contribution < 1.29 is 9.26 Å². The van der Waals surface area contributed by atoms with Crippen LogP contribution in [-0.4, -0.2) is 22.4 Å². The summed E-state index contributed by atoms with van der Waals surface area (Å²) >= 11 is 5.86. The van der Waals surface area contributed by atoms with Crippen LogP contribution in [-0.2, 0) is 0 Å². The van der Waals surface area contributed by atoms with Crippen molar-refractivity contribution in [2.75, 3.05) is 12.0 Å². The van der Waals surface area contributed by atoms with Crippen LogP contribution in [0.2, 0.25) is 0 Å². The zero-order valence-corrected chi connectivity index (χ0v) is 20.9. The van der Waals surface area contributed by atoms with Crippen molar-refractivity contribution in [2.45, 2.75) is 26.8 Å². The molecule has 35 heavy (non-hydrogen) atoms. The molecular weight excluding hydrogens is 456 g/mol. The Morgan fingerprint density at radius 2 is 1.74 bits per heavy atom. The first kappa shape index (κ1) is 22.8. The van der Waals surface area contributed by atoms with E-state index in [1.54, 1.807) is 7.11 Å². The Labute approximate surface area is 210 Å². The quantitative estimate of drug-likeness (QED) is 0.338. The van der Waals surface area contributed by atoms with Crippen molar-refractivity contribution in [3.05, 3.63) is 101 Å². The number of ether oxygens (including phenoxy) is 1. The lowest BCUT2D eigenvalue weighted by molar-refractivity contribution is 0.404. The average Bonchev–Trinajstić information content (AvgIpc) is 3.36. The highest BCUT2D eigenvalue weighted by Crippen LogP contribution is 2.40. The number of nitrogens with one attached hydrogen (secondary N) is 1. The van der Waals surface area contributed by atoms with Crippen molar-refractivity contribution in [2.24, 2.45) is 0 Å². The zero-order chi connectivity index (χ0) is 24.5. The largest absolute Gasteiger partial charge is 0.497 e. The molecule has 1 aromatic heterocycles. The molecule has 1 atom stereocenters. The Morgan fingerprint density at radius 3 is 2.49 bits per heavy atom. The number of hydrogen-bond donors (Lipinski definition) is 1. The topological polar surface area (TPSA) is 63.4 Å². The Bertz CT molecular complexity index is 1430. The average molecular weight is 483 g/mol. The van der Waals surface area contributed by atoms with E-state index in [9.17, 15) is 0 Å². The fourth-order valence-electron chi connectivity index (χ4n) is 4.31. The van der Waals surface area contributed by atoms with Crippen LogP contribution in [0, 0.1) is 13.8 Å². The summed E-state index contributed by atoms with van der Waals surface area (Å²) in [6.07, 6.45) is 0. The molecule has 0 amide bonds. The molecule has 5 rings (SSSR count). The minimum Gasteiger partial charge on any atom is -0.497 e. The van der Waals surface area contributed by atoms with Crippen molar-refractivity contribution in [3.63, 3.8) is 0 Å². The third kappa shape index (κ3) is 4.31. The second-order valence-electron chi connectivity index (χ2n) is 8.55. The summed E-state index contributed by atoms with van der Waals surface area (Å²) in [5.74, 6) is 1.74. The van der Waals surface area contributed by atoms with Gasteiger partial charge < -0.3 is 14.6 Å². The Hall–Kier alpha value is -3.97. The summed E-state index contributed by atoms with van der Waals surface area (Å²) in [6, 6.07) is 23.8. The van der Waals surface area contributed by atoms with Gasteiger partial charge in [-0.3, -0.25) is 4.90 Å². The summed E-state index contributed by atoms with van der Waals surface area (Å²) in [4.78, 5) is 6.77. The van der Waals surface area contributed by atoms with E-state index in [4.69, 9.17) is 26.5 Å². The molecule has 0 spiro atoms. The van der Waals surface area contributed by atoms with Crippen molar-refractivity contribution >= 4 is 28.6 Å². The molecule has 176 valence electrons. The van der Waals surface area contributed by atoms with Gasteiger partial charge >= 0.3 is 0 Å². The number of rotatable bonds is 5. The third-order valence-electron chi connectivity index (χ3n) is 6.35. The third-order valence-corrected chi connectivity index (χ3v) is 6.65. The summed E-state index contributed by atoms with van der Waals surface area (Å²) in [7, 11) is 1.65. The number of aryl methyl sites for hydroxylation is 2. The van der Waals surface area contributed by atoms with Gasteiger partial charge in [0.1, 0.15) is 5.75 Å². The van der Waals surface area contributed by atoms with Crippen LogP contribution >= 0.6 is 12.2 Å². The van der Waals surface area contributed by atoms with E-state index in [-0.39, 0.29) is 6.04 Å². The van der Waals surface area contributed by atoms with E-state index in [0.717, 1.165) is 33.8 Å².